The van der Waals surface area contributed by atoms with Crippen molar-refractivity contribution in [1.29, 1.82) is 0 Å². The summed E-state index contributed by atoms with van der Waals surface area (Å²) in [4.78, 5) is 20.8. The lowest BCUT2D eigenvalue weighted by atomic mass is 10.0. The fourth-order valence-corrected chi connectivity index (χ4v) is 3.64. The minimum Gasteiger partial charge on any atom is -0.375 e. The van der Waals surface area contributed by atoms with Crippen LogP contribution in [-0.4, -0.2) is 23.1 Å². The molecule has 1 aliphatic heterocycles. The summed E-state index contributed by atoms with van der Waals surface area (Å²) in [6.07, 6.45) is 2.25. The zero-order valence-corrected chi connectivity index (χ0v) is 16.1. The number of nitrogens with one attached hydrogen (secondary N) is 1. The van der Waals surface area contributed by atoms with Gasteiger partial charge in [-0.3, -0.25) is 0 Å². The van der Waals surface area contributed by atoms with Gasteiger partial charge >= 0.3 is 5.69 Å². The van der Waals surface area contributed by atoms with Crippen LogP contribution in [0.3, 0.4) is 0 Å². The van der Waals surface area contributed by atoms with Gasteiger partial charge in [-0.1, -0.05) is 24.0 Å². The molecule has 1 aliphatic carbocycles. The average Bonchev–Trinajstić information content (AvgIpc) is 3.47. The molecule has 0 spiro atoms. The van der Waals surface area contributed by atoms with E-state index in [1.165, 1.54) is 6.07 Å². The van der Waals surface area contributed by atoms with Crippen molar-refractivity contribution in [2.75, 3.05) is 18.1 Å². The third kappa shape index (κ3) is 3.28. The van der Waals surface area contributed by atoms with Crippen LogP contribution in [-0.2, 0) is 11.3 Å². The molecule has 2 heterocycles. The number of hydrogen-bond acceptors (Lipinski definition) is 4. The minimum atomic E-state index is -0.512. The van der Waals surface area contributed by atoms with E-state index in [-0.39, 0.29) is 5.41 Å². The Morgan fingerprint density at radius 2 is 2.07 bits per heavy atom. The van der Waals surface area contributed by atoms with Crippen molar-refractivity contribution in [3.8, 4) is 11.8 Å². The number of halogens is 1. The maximum atomic E-state index is 14.7. The second-order valence-electron chi connectivity index (χ2n) is 7.85. The molecule has 2 aliphatic rings. The van der Waals surface area contributed by atoms with Crippen LogP contribution in [0.25, 0.3) is 10.9 Å². The number of fused-ring (bicyclic) bond motifs is 2. The molecule has 0 saturated heterocycles. The van der Waals surface area contributed by atoms with E-state index in [2.05, 4.69) is 28.7 Å². The van der Waals surface area contributed by atoms with Gasteiger partial charge in [-0.05, 0) is 44.0 Å². The molecule has 0 atom stereocenters. The van der Waals surface area contributed by atoms with Crippen molar-refractivity contribution in [2.45, 2.75) is 26.4 Å². The number of rotatable bonds is 1. The fraction of sp³-hybridized carbons (Fsp3) is 0.304. The molecule has 2 aromatic carbocycles. The van der Waals surface area contributed by atoms with E-state index in [0.717, 1.165) is 29.7 Å². The van der Waals surface area contributed by atoms with Crippen LogP contribution in [0.15, 0.2) is 41.2 Å². The van der Waals surface area contributed by atoms with Crippen LogP contribution in [0.1, 0.15) is 30.9 Å². The molecule has 5 nitrogen and oxygen atoms in total. The molecule has 1 fully saturated rings. The maximum absolute atomic E-state index is 14.7. The lowest BCUT2D eigenvalue weighted by Gasteiger charge is -2.24. The summed E-state index contributed by atoms with van der Waals surface area (Å²) in [5, 5.41) is 0.293. The van der Waals surface area contributed by atoms with Crippen molar-refractivity contribution in [1.82, 2.24) is 9.97 Å². The van der Waals surface area contributed by atoms with Gasteiger partial charge in [0, 0.05) is 28.8 Å². The van der Waals surface area contributed by atoms with Gasteiger partial charge in [0.1, 0.15) is 5.82 Å². The van der Waals surface area contributed by atoms with E-state index in [0.29, 0.717) is 36.5 Å². The molecule has 0 bridgehead atoms. The first kappa shape index (κ1) is 17.9. The number of H-pyrrole nitrogens is 1. The first-order valence-electron chi connectivity index (χ1n) is 9.73. The lowest BCUT2D eigenvalue weighted by Crippen LogP contribution is -2.25. The van der Waals surface area contributed by atoms with Crippen LogP contribution >= 0.6 is 0 Å². The summed E-state index contributed by atoms with van der Waals surface area (Å²) in [5.74, 6) is 6.56. The molecule has 1 N–H and O–H groups in total. The van der Waals surface area contributed by atoms with Crippen molar-refractivity contribution in [2.24, 2.45) is 5.41 Å². The Morgan fingerprint density at radius 3 is 2.90 bits per heavy atom. The Morgan fingerprint density at radius 1 is 1.24 bits per heavy atom. The number of aromatic amines is 1. The van der Waals surface area contributed by atoms with Gasteiger partial charge in [-0.2, -0.15) is 4.98 Å². The van der Waals surface area contributed by atoms with Gasteiger partial charge < -0.3 is 14.6 Å². The Bertz CT molecular complexity index is 1230. The van der Waals surface area contributed by atoms with Gasteiger partial charge in [-0.25, -0.2) is 9.18 Å². The minimum absolute atomic E-state index is 0.113. The Hall–Kier alpha value is -3.17. The van der Waals surface area contributed by atoms with Gasteiger partial charge in [0.2, 0.25) is 0 Å². The Kier molecular flexibility index (Phi) is 4.14. The third-order valence-electron chi connectivity index (χ3n) is 5.59. The SMILES string of the molecule is CC1(C#Cc2cccc3c2COCCN3c2nc(=O)[nH]c3cccc(F)c23)CC1. The summed E-state index contributed by atoms with van der Waals surface area (Å²) < 4.78 is 20.5. The Balaban J connectivity index is 1.70. The molecule has 0 radical (unpaired) electrons. The molecular weight excluding hydrogens is 369 g/mol. The average molecular weight is 389 g/mol. The number of anilines is 2. The summed E-state index contributed by atoms with van der Waals surface area (Å²) in [6.45, 7) is 3.47. The predicted molar refractivity (Wildman–Crippen MR) is 110 cm³/mol. The number of nitrogens with zero attached hydrogens (tertiary/aromatic N) is 2. The van der Waals surface area contributed by atoms with Gasteiger partial charge in [0.05, 0.1) is 24.1 Å². The van der Waals surface area contributed by atoms with Crippen molar-refractivity contribution in [3.63, 3.8) is 0 Å². The summed E-state index contributed by atoms with van der Waals surface area (Å²) in [6, 6.07) is 10.5. The second kappa shape index (κ2) is 6.71. The molecule has 3 aromatic rings. The van der Waals surface area contributed by atoms with E-state index >= 15 is 0 Å². The fourth-order valence-electron chi connectivity index (χ4n) is 3.64. The highest BCUT2D eigenvalue weighted by molar-refractivity contribution is 5.92. The molecule has 1 saturated carbocycles. The van der Waals surface area contributed by atoms with Crippen LogP contribution < -0.4 is 10.6 Å². The topological polar surface area (TPSA) is 58.2 Å². The van der Waals surface area contributed by atoms with E-state index in [9.17, 15) is 9.18 Å². The predicted octanol–water partition coefficient (Wildman–Crippen LogP) is 3.88. The van der Waals surface area contributed by atoms with Crippen LogP contribution in [0, 0.1) is 23.1 Å². The second-order valence-corrected chi connectivity index (χ2v) is 7.85. The van der Waals surface area contributed by atoms with E-state index < -0.39 is 11.5 Å². The van der Waals surface area contributed by atoms with Crippen LogP contribution in [0.5, 0.6) is 0 Å². The summed E-state index contributed by atoms with van der Waals surface area (Å²) >= 11 is 0. The highest BCUT2D eigenvalue weighted by Gasteiger charge is 2.35. The van der Waals surface area contributed by atoms with E-state index in [1.807, 2.05) is 23.1 Å². The molecule has 0 amide bonds. The normalized spacial score (nSPS) is 17.2. The molecule has 0 unspecified atom stereocenters. The summed E-state index contributed by atoms with van der Waals surface area (Å²) in [5.41, 5.74) is 2.71. The highest BCUT2D eigenvalue weighted by atomic mass is 19.1. The molecule has 1 aromatic heterocycles. The number of hydrogen-bond donors (Lipinski definition) is 1. The van der Waals surface area contributed by atoms with E-state index in [1.54, 1.807) is 12.1 Å². The third-order valence-corrected chi connectivity index (χ3v) is 5.59. The molecule has 6 heteroatoms. The number of benzene rings is 2. The van der Waals surface area contributed by atoms with Crippen molar-refractivity contribution >= 4 is 22.4 Å². The summed E-state index contributed by atoms with van der Waals surface area (Å²) in [7, 11) is 0. The largest absolute Gasteiger partial charge is 0.375 e. The first-order chi connectivity index (χ1) is 14.0. The number of ether oxygens (including phenoxy) is 1. The van der Waals surface area contributed by atoms with Crippen LogP contribution in [0.4, 0.5) is 15.9 Å². The molecule has 146 valence electrons. The van der Waals surface area contributed by atoms with Crippen molar-refractivity contribution in [3.05, 3.63) is 63.8 Å². The Labute approximate surface area is 167 Å². The van der Waals surface area contributed by atoms with E-state index in [4.69, 9.17) is 4.74 Å². The zero-order chi connectivity index (χ0) is 20.0. The smallest absolute Gasteiger partial charge is 0.347 e. The monoisotopic (exact) mass is 389 g/mol. The standard InChI is InChI=1S/C23H20FN3O2/c1-23(10-11-23)9-8-15-4-2-7-19-16(15)14-29-13-12-27(19)21-20-17(24)5-3-6-18(20)25-22(28)26-21/h2-7H,10-14H2,1H3,(H,25,26,28). The van der Waals surface area contributed by atoms with Gasteiger partial charge in [-0.15, -0.1) is 0 Å². The highest BCUT2D eigenvalue weighted by Crippen LogP contribution is 2.44. The zero-order valence-electron chi connectivity index (χ0n) is 16.1. The quantitative estimate of drug-likeness (QED) is 0.642. The number of aromatic nitrogens is 2. The first-order valence-corrected chi connectivity index (χ1v) is 9.73. The lowest BCUT2D eigenvalue weighted by molar-refractivity contribution is 0.133. The molecule has 29 heavy (non-hydrogen) atoms. The van der Waals surface area contributed by atoms with Gasteiger partial charge in [0.15, 0.2) is 5.82 Å². The molecular formula is C23H20FN3O2. The molecule has 5 rings (SSSR count). The van der Waals surface area contributed by atoms with Crippen molar-refractivity contribution < 1.29 is 9.13 Å². The maximum Gasteiger partial charge on any atom is 0.347 e. The van der Waals surface area contributed by atoms with Gasteiger partial charge in [0.25, 0.3) is 0 Å². The van der Waals surface area contributed by atoms with Crippen LogP contribution in [0.2, 0.25) is 0 Å².